The van der Waals surface area contributed by atoms with Gasteiger partial charge in [-0.05, 0) is 89.5 Å². The van der Waals surface area contributed by atoms with E-state index in [1.165, 1.54) is 16.3 Å². The van der Waals surface area contributed by atoms with Crippen LogP contribution in [-0.2, 0) is 33.2 Å². The summed E-state index contributed by atoms with van der Waals surface area (Å²) in [4.78, 5) is 13.3. The van der Waals surface area contributed by atoms with Gasteiger partial charge in [0.15, 0.2) is 0 Å². The Balaban J connectivity index is 1.41. The quantitative estimate of drug-likeness (QED) is 0.754. The Kier molecular flexibility index (Phi) is 6.20. The van der Waals surface area contributed by atoms with Crippen molar-refractivity contribution >= 4 is 21.7 Å². The van der Waals surface area contributed by atoms with Crippen LogP contribution >= 0.6 is 0 Å². The summed E-state index contributed by atoms with van der Waals surface area (Å²) in [6, 6.07) is 7.45. The van der Waals surface area contributed by atoms with E-state index in [1.807, 2.05) is 50.6 Å². The number of aromatic nitrogens is 2. The summed E-state index contributed by atoms with van der Waals surface area (Å²) >= 11 is 0. The number of hydrogen-bond acceptors (Lipinski definition) is 4. The topological polar surface area (TPSA) is 84.3 Å². The number of aryl methyl sites for hydroxylation is 3. The summed E-state index contributed by atoms with van der Waals surface area (Å²) in [5.74, 6) is 0.402. The van der Waals surface area contributed by atoms with Gasteiger partial charge in [0.25, 0.3) is 0 Å². The number of hydrogen-bond donors (Lipinski definition) is 1. The molecular weight excluding hydrogens is 424 g/mol. The first kappa shape index (κ1) is 23.0. The van der Waals surface area contributed by atoms with Crippen molar-refractivity contribution in [1.82, 2.24) is 14.1 Å². The molecule has 0 saturated carbocycles. The lowest BCUT2D eigenvalue weighted by Gasteiger charge is -2.31. The lowest BCUT2D eigenvalue weighted by molar-refractivity contribution is -0.121. The minimum atomic E-state index is -3.54. The summed E-state index contributed by atoms with van der Waals surface area (Å²) in [7, 11) is -3.54. The molecule has 2 aliphatic rings. The van der Waals surface area contributed by atoms with Crippen LogP contribution in [0.2, 0.25) is 0 Å². The molecule has 174 valence electrons. The first-order valence-electron chi connectivity index (χ1n) is 11.6. The Hall–Kier alpha value is -2.19. The average molecular weight is 459 g/mol. The summed E-state index contributed by atoms with van der Waals surface area (Å²) in [5, 5.41) is 7.52. The summed E-state index contributed by atoms with van der Waals surface area (Å²) in [6.07, 6.45) is 5.29. The van der Waals surface area contributed by atoms with Crippen LogP contribution in [-0.4, -0.2) is 41.5 Å². The van der Waals surface area contributed by atoms with Gasteiger partial charge in [0.1, 0.15) is 5.82 Å². The molecular formula is C24H34N4O3S. The Morgan fingerprint density at radius 1 is 1.06 bits per heavy atom. The van der Waals surface area contributed by atoms with Crippen LogP contribution < -0.4 is 5.32 Å². The zero-order chi connectivity index (χ0) is 23.1. The van der Waals surface area contributed by atoms with Crippen LogP contribution in [0.25, 0.3) is 0 Å². The normalized spacial score (nSPS) is 18.4. The van der Waals surface area contributed by atoms with E-state index in [1.54, 1.807) is 6.07 Å². The molecule has 1 amide bonds. The van der Waals surface area contributed by atoms with Crippen molar-refractivity contribution in [3.63, 3.8) is 0 Å². The lowest BCUT2D eigenvalue weighted by atomic mass is 9.92. The number of nitrogens with zero attached hydrogens (tertiary/aromatic N) is 3. The van der Waals surface area contributed by atoms with Gasteiger partial charge in [-0.2, -0.15) is 9.40 Å². The number of sulfonamides is 1. The van der Waals surface area contributed by atoms with Gasteiger partial charge in [-0.3, -0.25) is 4.79 Å². The van der Waals surface area contributed by atoms with Crippen LogP contribution in [0.4, 0.5) is 5.82 Å². The van der Waals surface area contributed by atoms with Gasteiger partial charge in [0.2, 0.25) is 15.9 Å². The molecule has 1 fully saturated rings. The van der Waals surface area contributed by atoms with Crippen molar-refractivity contribution in [1.29, 1.82) is 0 Å². The van der Waals surface area contributed by atoms with Gasteiger partial charge < -0.3 is 5.32 Å². The Morgan fingerprint density at radius 3 is 2.38 bits per heavy atom. The van der Waals surface area contributed by atoms with E-state index in [9.17, 15) is 13.2 Å². The molecule has 1 aromatic heterocycles. The van der Waals surface area contributed by atoms with Crippen LogP contribution in [0.5, 0.6) is 0 Å². The van der Waals surface area contributed by atoms with E-state index in [4.69, 9.17) is 0 Å². The molecule has 1 saturated heterocycles. The highest BCUT2D eigenvalue weighted by Crippen LogP contribution is 2.29. The molecule has 0 bridgehead atoms. The largest absolute Gasteiger partial charge is 0.311 e. The van der Waals surface area contributed by atoms with Crippen LogP contribution in [0.3, 0.4) is 0 Å². The molecule has 7 nitrogen and oxygen atoms in total. The summed E-state index contributed by atoms with van der Waals surface area (Å²) in [5.41, 5.74) is 3.04. The fraction of sp³-hybridized carbons (Fsp3) is 0.583. The van der Waals surface area contributed by atoms with Crippen molar-refractivity contribution in [2.24, 2.45) is 5.92 Å². The Bertz CT molecular complexity index is 1110. The number of anilines is 1. The van der Waals surface area contributed by atoms with E-state index >= 15 is 0 Å². The molecule has 0 spiro atoms. The first-order chi connectivity index (χ1) is 15.1. The van der Waals surface area contributed by atoms with Crippen molar-refractivity contribution in [2.45, 2.75) is 76.7 Å². The number of carbonyl (C=O) groups is 1. The van der Waals surface area contributed by atoms with Gasteiger partial charge in [0, 0.05) is 25.1 Å². The zero-order valence-corrected chi connectivity index (χ0v) is 20.3. The highest BCUT2D eigenvalue weighted by atomic mass is 32.2. The van der Waals surface area contributed by atoms with Crippen LogP contribution in [0, 0.1) is 12.8 Å². The zero-order valence-electron chi connectivity index (χ0n) is 19.5. The fourth-order valence-corrected chi connectivity index (χ4v) is 6.23. The monoisotopic (exact) mass is 458 g/mol. The Morgan fingerprint density at radius 2 is 1.72 bits per heavy atom. The number of fused-ring (bicyclic) bond motifs is 1. The minimum absolute atomic E-state index is 0.0683. The summed E-state index contributed by atoms with van der Waals surface area (Å²) < 4.78 is 29.8. The second-order valence-corrected chi connectivity index (χ2v) is 12.0. The highest BCUT2D eigenvalue weighted by Gasteiger charge is 2.33. The van der Waals surface area contributed by atoms with Crippen molar-refractivity contribution in [2.75, 3.05) is 18.4 Å². The number of carbonyl (C=O) groups excluding carboxylic acids is 1. The third-order valence-electron chi connectivity index (χ3n) is 6.50. The van der Waals surface area contributed by atoms with Gasteiger partial charge in [0.05, 0.1) is 16.1 Å². The molecule has 0 unspecified atom stereocenters. The molecule has 1 N–H and O–H groups in total. The molecule has 0 radical (unpaired) electrons. The van der Waals surface area contributed by atoms with E-state index < -0.39 is 10.0 Å². The van der Waals surface area contributed by atoms with E-state index in [2.05, 4.69) is 10.4 Å². The molecule has 4 rings (SSSR count). The van der Waals surface area contributed by atoms with E-state index in [-0.39, 0.29) is 17.4 Å². The molecule has 0 atom stereocenters. The average Bonchev–Trinajstić information content (AvgIpc) is 3.14. The van der Waals surface area contributed by atoms with Crippen LogP contribution in [0.1, 0.15) is 63.3 Å². The SMILES string of the molecule is Cc1cc(NC(=O)C2CCN(S(=O)(=O)c3ccc4c(c3)CCCC4)CC2)n(C(C)(C)C)n1. The number of amides is 1. The molecule has 2 aromatic rings. The van der Waals surface area contributed by atoms with Gasteiger partial charge >= 0.3 is 0 Å². The summed E-state index contributed by atoms with van der Waals surface area (Å²) in [6.45, 7) is 8.74. The number of benzene rings is 1. The molecule has 1 aliphatic heterocycles. The molecule has 1 aliphatic carbocycles. The van der Waals surface area contributed by atoms with E-state index in [0.29, 0.717) is 36.6 Å². The molecule has 2 heterocycles. The molecule has 8 heteroatoms. The molecule has 1 aromatic carbocycles. The fourth-order valence-electron chi connectivity index (χ4n) is 4.71. The predicted molar refractivity (Wildman–Crippen MR) is 125 cm³/mol. The maximum absolute atomic E-state index is 13.2. The van der Waals surface area contributed by atoms with Crippen LogP contribution in [0.15, 0.2) is 29.2 Å². The van der Waals surface area contributed by atoms with Gasteiger partial charge in [-0.25, -0.2) is 13.1 Å². The minimum Gasteiger partial charge on any atom is -0.311 e. The number of nitrogens with one attached hydrogen (secondary N) is 1. The third-order valence-corrected chi connectivity index (χ3v) is 8.40. The van der Waals surface area contributed by atoms with Crippen molar-refractivity contribution in [3.05, 3.63) is 41.1 Å². The molecule has 32 heavy (non-hydrogen) atoms. The van der Waals surface area contributed by atoms with E-state index in [0.717, 1.165) is 30.5 Å². The third kappa shape index (κ3) is 4.62. The van der Waals surface area contributed by atoms with Gasteiger partial charge in [-0.1, -0.05) is 6.07 Å². The highest BCUT2D eigenvalue weighted by molar-refractivity contribution is 7.89. The second kappa shape index (κ2) is 8.63. The number of rotatable bonds is 4. The smallest absolute Gasteiger partial charge is 0.243 e. The lowest BCUT2D eigenvalue weighted by Crippen LogP contribution is -2.41. The van der Waals surface area contributed by atoms with Crippen molar-refractivity contribution < 1.29 is 13.2 Å². The van der Waals surface area contributed by atoms with Gasteiger partial charge in [-0.15, -0.1) is 0 Å². The maximum Gasteiger partial charge on any atom is 0.243 e. The standard InChI is InChI=1S/C24H34N4O3S/c1-17-15-22(28(26-17)24(2,3)4)25-23(29)19-11-13-27(14-12-19)32(30,31)21-10-9-18-7-5-6-8-20(18)16-21/h9-10,15-16,19H,5-8,11-14H2,1-4H3,(H,25,29). The maximum atomic E-state index is 13.2. The first-order valence-corrected chi connectivity index (χ1v) is 13.0. The number of piperidine rings is 1. The predicted octanol–water partition coefficient (Wildman–Crippen LogP) is 3.86. The van der Waals surface area contributed by atoms with Crippen molar-refractivity contribution in [3.8, 4) is 0 Å². The Labute approximate surface area is 191 Å². The second-order valence-electron chi connectivity index (χ2n) is 10.1.